The monoisotopic (exact) mass is 248 g/mol. The summed E-state index contributed by atoms with van der Waals surface area (Å²) in [5.41, 5.74) is 0.255. The minimum absolute atomic E-state index is 0.0603. The molecule has 0 aliphatic rings. The third-order valence-corrected chi connectivity index (χ3v) is 1.24. The largest absolute Gasteiger partial charge is 0.508 e. The lowest BCUT2D eigenvalue weighted by molar-refractivity contribution is -0.413. The van der Waals surface area contributed by atoms with Gasteiger partial charge in [0.25, 0.3) is 6.29 Å². The van der Waals surface area contributed by atoms with Gasteiger partial charge in [0, 0.05) is 0 Å². The molecule has 6 heteroatoms. The van der Waals surface area contributed by atoms with Gasteiger partial charge in [-0.15, -0.1) is 0 Å². The summed E-state index contributed by atoms with van der Waals surface area (Å²) in [6.07, 6.45) is -2.57. The van der Waals surface area contributed by atoms with Gasteiger partial charge in [-0.05, 0) is 27.7 Å². The number of carboxylic acid groups (broad SMARTS) is 1. The Kier molecular flexibility index (Phi) is 6.79. The summed E-state index contributed by atoms with van der Waals surface area (Å²) in [6, 6.07) is 0. The van der Waals surface area contributed by atoms with E-state index in [9.17, 15) is 4.79 Å². The summed E-state index contributed by atoms with van der Waals surface area (Å²) in [4.78, 5) is 20.2. The van der Waals surface area contributed by atoms with E-state index in [-0.39, 0.29) is 6.61 Å². The van der Waals surface area contributed by atoms with E-state index in [2.05, 4.69) is 11.3 Å². The normalized spacial score (nSPS) is 13.2. The van der Waals surface area contributed by atoms with Crippen LogP contribution >= 0.6 is 0 Å². The van der Waals surface area contributed by atoms with E-state index in [0.717, 1.165) is 5.57 Å². The van der Waals surface area contributed by atoms with Gasteiger partial charge in [0.2, 0.25) is 0 Å². The molecule has 0 radical (unpaired) electrons. The lowest BCUT2D eigenvalue weighted by Gasteiger charge is -2.22. The molecule has 0 aliphatic heterocycles. The van der Waals surface area contributed by atoms with E-state index in [1.54, 1.807) is 27.7 Å². The van der Waals surface area contributed by atoms with Crippen LogP contribution in [0.5, 0.6) is 0 Å². The van der Waals surface area contributed by atoms with Crippen LogP contribution in [-0.2, 0) is 19.2 Å². The van der Waals surface area contributed by atoms with Gasteiger partial charge in [-0.25, -0.2) is 9.68 Å². The molecule has 1 N–H and O–H groups in total. The minimum Gasteiger partial charge on any atom is -0.450 e. The maximum absolute atomic E-state index is 10.4. The lowest BCUT2D eigenvalue weighted by Crippen LogP contribution is -2.30. The highest BCUT2D eigenvalue weighted by Gasteiger charge is 2.20. The van der Waals surface area contributed by atoms with E-state index < -0.39 is 18.0 Å². The van der Waals surface area contributed by atoms with E-state index in [1.807, 2.05) is 0 Å². The number of ether oxygens (including phenoxy) is 2. The second-order valence-corrected chi connectivity index (χ2v) is 4.58. The molecule has 1 atom stereocenters. The number of carbonyl (C=O) groups is 1. The average molecular weight is 248 g/mol. The molecule has 1 unspecified atom stereocenters. The number of hydrogen-bond acceptors (Lipinski definition) is 5. The van der Waals surface area contributed by atoms with E-state index >= 15 is 0 Å². The van der Waals surface area contributed by atoms with Crippen LogP contribution in [0.25, 0.3) is 0 Å². The fourth-order valence-electron chi connectivity index (χ4n) is 0.721. The molecule has 0 rings (SSSR count). The first kappa shape index (κ1) is 15.9. The molecule has 100 valence electrons. The second kappa shape index (κ2) is 7.26. The SMILES string of the molecule is C=C(C)COCC(OOC(C)(C)C)OC(=O)O. The predicted octanol–water partition coefficient (Wildman–Crippen LogP) is 2.35. The summed E-state index contributed by atoms with van der Waals surface area (Å²) >= 11 is 0. The Hall–Kier alpha value is -1.11. The molecule has 0 spiro atoms. The Morgan fingerprint density at radius 1 is 1.41 bits per heavy atom. The van der Waals surface area contributed by atoms with Crippen molar-refractivity contribution in [3.8, 4) is 0 Å². The molecule has 0 bridgehead atoms. The Labute approximate surface area is 101 Å². The number of hydrogen-bond donors (Lipinski definition) is 1. The Morgan fingerprint density at radius 2 is 2.00 bits per heavy atom. The number of rotatable bonds is 7. The molecule has 0 heterocycles. The molecule has 0 saturated heterocycles. The molecule has 0 fully saturated rings. The highest BCUT2D eigenvalue weighted by Crippen LogP contribution is 2.10. The van der Waals surface area contributed by atoms with Crippen molar-refractivity contribution in [2.75, 3.05) is 13.2 Å². The summed E-state index contributed by atoms with van der Waals surface area (Å²) < 4.78 is 9.57. The maximum Gasteiger partial charge on any atom is 0.508 e. The summed E-state index contributed by atoms with van der Waals surface area (Å²) in [5.74, 6) is 0. The highest BCUT2D eigenvalue weighted by molar-refractivity contribution is 5.56. The van der Waals surface area contributed by atoms with Crippen LogP contribution in [0.2, 0.25) is 0 Å². The molecule has 0 amide bonds. The van der Waals surface area contributed by atoms with Gasteiger partial charge in [-0.1, -0.05) is 12.2 Å². The molecular weight excluding hydrogens is 228 g/mol. The predicted molar refractivity (Wildman–Crippen MR) is 60.5 cm³/mol. The van der Waals surface area contributed by atoms with Crippen LogP contribution in [0.15, 0.2) is 12.2 Å². The van der Waals surface area contributed by atoms with Crippen molar-refractivity contribution in [2.24, 2.45) is 0 Å². The van der Waals surface area contributed by atoms with Crippen molar-refractivity contribution in [3.05, 3.63) is 12.2 Å². The smallest absolute Gasteiger partial charge is 0.450 e. The fraction of sp³-hybridized carbons (Fsp3) is 0.727. The molecule has 6 nitrogen and oxygen atoms in total. The van der Waals surface area contributed by atoms with Crippen LogP contribution in [0.4, 0.5) is 4.79 Å². The van der Waals surface area contributed by atoms with Gasteiger partial charge in [-0.3, -0.25) is 0 Å². The molecule has 0 aliphatic carbocycles. The summed E-state index contributed by atoms with van der Waals surface area (Å²) in [6.45, 7) is 11.0. The average Bonchev–Trinajstić information content (AvgIpc) is 2.11. The quantitative estimate of drug-likeness (QED) is 0.245. The van der Waals surface area contributed by atoms with E-state index in [1.165, 1.54) is 0 Å². The Morgan fingerprint density at radius 3 is 2.41 bits per heavy atom. The second-order valence-electron chi connectivity index (χ2n) is 4.58. The van der Waals surface area contributed by atoms with E-state index in [4.69, 9.17) is 19.6 Å². The van der Waals surface area contributed by atoms with Gasteiger partial charge in [0.1, 0.15) is 6.61 Å². The van der Waals surface area contributed by atoms with Crippen molar-refractivity contribution in [1.29, 1.82) is 0 Å². The minimum atomic E-state index is -1.45. The third-order valence-electron chi connectivity index (χ3n) is 1.24. The van der Waals surface area contributed by atoms with Gasteiger partial charge in [0.05, 0.1) is 12.2 Å². The van der Waals surface area contributed by atoms with Crippen LogP contribution in [0.1, 0.15) is 27.7 Å². The first-order valence-corrected chi connectivity index (χ1v) is 5.17. The Balaban J connectivity index is 4.05. The first-order chi connectivity index (χ1) is 7.70. The zero-order valence-corrected chi connectivity index (χ0v) is 10.7. The molecule has 0 aromatic heterocycles. The molecular formula is C11H20O6. The van der Waals surface area contributed by atoms with Crippen LogP contribution in [0.3, 0.4) is 0 Å². The van der Waals surface area contributed by atoms with Gasteiger partial charge >= 0.3 is 6.16 Å². The third kappa shape index (κ3) is 11.2. The van der Waals surface area contributed by atoms with Gasteiger partial charge in [-0.2, -0.15) is 4.89 Å². The molecule has 0 saturated carbocycles. The zero-order valence-electron chi connectivity index (χ0n) is 10.7. The van der Waals surface area contributed by atoms with Gasteiger partial charge < -0.3 is 14.6 Å². The Bertz CT molecular complexity index is 255. The van der Waals surface area contributed by atoms with Gasteiger partial charge in [0.15, 0.2) is 0 Å². The standard InChI is InChI=1S/C11H20O6/c1-8(2)6-14-7-9(15-10(12)13)16-17-11(3,4)5/h9H,1,6-7H2,2-5H3,(H,12,13). The fourth-order valence-corrected chi connectivity index (χ4v) is 0.721. The topological polar surface area (TPSA) is 74.2 Å². The van der Waals surface area contributed by atoms with Crippen LogP contribution < -0.4 is 0 Å². The lowest BCUT2D eigenvalue weighted by atomic mass is 10.2. The maximum atomic E-state index is 10.4. The van der Waals surface area contributed by atoms with Crippen molar-refractivity contribution < 1.29 is 29.1 Å². The summed E-state index contributed by atoms with van der Waals surface area (Å²) in [7, 11) is 0. The zero-order chi connectivity index (χ0) is 13.5. The van der Waals surface area contributed by atoms with E-state index in [0.29, 0.717) is 6.61 Å². The highest BCUT2D eigenvalue weighted by atomic mass is 17.2. The van der Waals surface area contributed by atoms with Crippen molar-refractivity contribution >= 4 is 6.16 Å². The summed E-state index contributed by atoms with van der Waals surface area (Å²) in [5, 5.41) is 8.49. The molecule has 0 aromatic rings. The first-order valence-electron chi connectivity index (χ1n) is 5.17. The van der Waals surface area contributed by atoms with Crippen LogP contribution in [0, 0.1) is 0 Å². The molecule has 17 heavy (non-hydrogen) atoms. The van der Waals surface area contributed by atoms with Crippen molar-refractivity contribution in [1.82, 2.24) is 0 Å². The van der Waals surface area contributed by atoms with Crippen molar-refractivity contribution in [3.63, 3.8) is 0 Å². The molecule has 0 aromatic carbocycles. The van der Waals surface area contributed by atoms with Crippen molar-refractivity contribution in [2.45, 2.75) is 39.6 Å². The van der Waals surface area contributed by atoms with Crippen LogP contribution in [-0.4, -0.2) is 36.4 Å².